The number of para-hydroxylation sites is 1. The molecule has 0 aliphatic carbocycles. The number of carbonyl (C=O) groups is 1. The first kappa shape index (κ1) is 20.0. The Hall–Kier alpha value is -3.98. The molecule has 8 nitrogen and oxygen atoms in total. The highest BCUT2D eigenvalue weighted by molar-refractivity contribution is 7.90. The van der Waals surface area contributed by atoms with Crippen LogP contribution in [-0.4, -0.2) is 33.5 Å². The van der Waals surface area contributed by atoms with E-state index < -0.39 is 16.0 Å². The minimum atomic E-state index is -3.85. The van der Waals surface area contributed by atoms with Gasteiger partial charge >= 0.3 is 5.97 Å². The summed E-state index contributed by atoms with van der Waals surface area (Å²) in [7, 11) is -3.85. The van der Waals surface area contributed by atoms with E-state index >= 15 is 0 Å². The van der Waals surface area contributed by atoms with E-state index in [9.17, 15) is 13.2 Å². The van der Waals surface area contributed by atoms with Crippen LogP contribution in [0.15, 0.2) is 77.8 Å². The molecule has 0 amide bonds. The summed E-state index contributed by atoms with van der Waals surface area (Å²) in [5.74, 6) is -0.680. The molecule has 0 saturated carbocycles. The fraction of sp³-hybridized carbons (Fsp3) is 0.0870. The molecule has 0 atom stereocenters. The maximum atomic E-state index is 13.3. The topological polar surface area (TPSA) is 96.1 Å². The van der Waals surface area contributed by atoms with E-state index in [2.05, 4.69) is 10.3 Å². The molecule has 32 heavy (non-hydrogen) atoms. The number of aromatic nitrogens is 4. The van der Waals surface area contributed by atoms with Gasteiger partial charge in [-0.1, -0.05) is 40.7 Å². The number of rotatable bonds is 4. The van der Waals surface area contributed by atoms with E-state index in [0.29, 0.717) is 16.6 Å². The van der Waals surface area contributed by atoms with E-state index in [-0.39, 0.29) is 10.5 Å². The van der Waals surface area contributed by atoms with Crippen LogP contribution in [0.4, 0.5) is 0 Å². The minimum absolute atomic E-state index is 0.169. The monoisotopic (exact) mass is 446 g/mol. The van der Waals surface area contributed by atoms with Crippen molar-refractivity contribution in [3.05, 3.63) is 89.6 Å². The highest BCUT2D eigenvalue weighted by Crippen LogP contribution is 2.27. The smallest absolute Gasteiger partial charge is 0.312 e. The van der Waals surface area contributed by atoms with Crippen LogP contribution in [0, 0.1) is 13.8 Å². The summed E-state index contributed by atoms with van der Waals surface area (Å²) in [5.41, 5.74) is 3.45. The first-order chi connectivity index (χ1) is 15.3. The summed E-state index contributed by atoms with van der Waals surface area (Å²) in [5, 5.41) is 8.54. The Morgan fingerprint density at radius 3 is 2.47 bits per heavy atom. The molecule has 160 valence electrons. The molecule has 2 heterocycles. The van der Waals surface area contributed by atoms with Crippen LogP contribution in [0.5, 0.6) is 0 Å². The number of carbonyl (C=O) groups excluding carboxylic acids is 1. The molecule has 0 aliphatic rings. The number of hydrogen-bond donors (Lipinski definition) is 0. The second-order valence-electron chi connectivity index (χ2n) is 7.49. The Balaban J connectivity index is 1.56. The molecule has 0 radical (unpaired) electrons. The largest absolute Gasteiger partial charge is 0.365 e. The Labute approximate surface area is 183 Å². The zero-order chi connectivity index (χ0) is 22.5. The zero-order valence-electron chi connectivity index (χ0n) is 17.3. The van der Waals surface area contributed by atoms with Crippen molar-refractivity contribution >= 4 is 37.9 Å². The van der Waals surface area contributed by atoms with Crippen molar-refractivity contribution in [3.8, 4) is 0 Å². The van der Waals surface area contributed by atoms with Gasteiger partial charge in [-0.25, -0.2) is 17.2 Å². The predicted octanol–water partition coefficient (Wildman–Crippen LogP) is 3.51. The Morgan fingerprint density at radius 2 is 1.69 bits per heavy atom. The van der Waals surface area contributed by atoms with Gasteiger partial charge in [0.25, 0.3) is 10.0 Å². The van der Waals surface area contributed by atoms with Crippen molar-refractivity contribution in [1.82, 2.24) is 19.1 Å². The molecule has 5 aromatic rings. The minimum Gasteiger partial charge on any atom is -0.312 e. The number of fused-ring (bicyclic) bond motifs is 2. The number of aryl methyl sites for hydroxylation is 2. The van der Waals surface area contributed by atoms with Gasteiger partial charge < -0.3 is 4.84 Å². The van der Waals surface area contributed by atoms with Crippen molar-refractivity contribution in [3.63, 3.8) is 0 Å². The fourth-order valence-electron chi connectivity index (χ4n) is 3.56. The van der Waals surface area contributed by atoms with E-state index in [4.69, 9.17) is 4.84 Å². The second-order valence-corrected chi connectivity index (χ2v) is 9.30. The third-order valence-corrected chi connectivity index (χ3v) is 6.96. The van der Waals surface area contributed by atoms with Crippen LogP contribution < -0.4 is 4.84 Å². The summed E-state index contributed by atoms with van der Waals surface area (Å²) < 4.78 is 27.8. The zero-order valence-corrected chi connectivity index (χ0v) is 18.1. The lowest BCUT2D eigenvalue weighted by atomic mass is 10.1. The molecule has 0 bridgehead atoms. The number of benzene rings is 3. The molecule has 3 aromatic carbocycles. The summed E-state index contributed by atoms with van der Waals surface area (Å²) in [6.07, 6.45) is 1.56. The summed E-state index contributed by atoms with van der Waals surface area (Å²) >= 11 is 0. The Morgan fingerprint density at radius 1 is 0.938 bits per heavy atom. The van der Waals surface area contributed by atoms with Crippen molar-refractivity contribution < 1.29 is 18.0 Å². The van der Waals surface area contributed by atoms with Gasteiger partial charge in [0.1, 0.15) is 11.0 Å². The van der Waals surface area contributed by atoms with E-state index in [0.717, 1.165) is 21.4 Å². The maximum absolute atomic E-state index is 13.3. The van der Waals surface area contributed by atoms with E-state index in [1.54, 1.807) is 60.8 Å². The molecular formula is C23H18N4O4S. The molecule has 2 aromatic heterocycles. The fourth-order valence-corrected chi connectivity index (χ4v) is 4.97. The third kappa shape index (κ3) is 3.23. The van der Waals surface area contributed by atoms with E-state index in [1.807, 2.05) is 19.9 Å². The van der Waals surface area contributed by atoms with Gasteiger partial charge in [0.2, 0.25) is 0 Å². The van der Waals surface area contributed by atoms with Crippen molar-refractivity contribution in [1.29, 1.82) is 0 Å². The van der Waals surface area contributed by atoms with Gasteiger partial charge in [-0.3, -0.25) is 0 Å². The summed E-state index contributed by atoms with van der Waals surface area (Å²) in [6, 6.07) is 18.5. The average molecular weight is 446 g/mol. The number of nitrogens with zero attached hydrogens (tertiary/aromatic N) is 4. The van der Waals surface area contributed by atoms with Crippen LogP contribution in [0.2, 0.25) is 0 Å². The molecule has 0 spiro atoms. The highest BCUT2D eigenvalue weighted by Gasteiger charge is 2.22. The van der Waals surface area contributed by atoms with Crippen LogP contribution in [-0.2, 0) is 10.0 Å². The van der Waals surface area contributed by atoms with Gasteiger partial charge in [0.05, 0.1) is 16.0 Å². The first-order valence-corrected chi connectivity index (χ1v) is 11.3. The molecule has 0 saturated heterocycles. The molecular weight excluding hydrogens is 428 g/mol. The lowest BCUT2D eigenvalue weighted by Crippen LogP contribution is -2.21. The van der Waals surface area contributed by atoms with Crippen LogP contribution >= 0.6 is 0 Å². The predicted molar refractivity (Wildman–Crippen MR) is 119 cm³/mol. The Bertz CT molecular complexity index is 1600. The number of hydrogen-bond acceptors (Lipinski definition) is 6. The van der Waals surface area contributed by atoms with Gasteiger partial charge in [-0.15, -0.1) is 5.10 Å². The van der Waals surface area contributed by atoms with E-state index in [1.165, 1.54) is 10.0 Å². The van der Waals surface area contributed by atoms with Crippen LogP contribution in [0.3, 0.4) is 0 Å². The molecule has 0 N–H and O–H groups in total. The summed E-state index contributed by atoms with van der Waals surface area (Å²) in [6.45, 7) is 3.71. The molecule has 0 fully saturated rings. The standard InChI is InChI=1S/C23H18N4O4S/c1-15-7-10-18(11-8-15)32(29,30)26-14-16(2)19-12-9-17(13-22(19)26)23(28)31-27-21-6-4-3-5-20(21)24-25-27/h3-14H,1-2H3. The molecule has 5 rings (SSSR count). The van der Waals surface area contributed by atoms with Crippen molar-refractivity contribution in [2.45, 2.75) is 18.7 Å². The lowest BCUT2D eigenvalue weighted by molar-refractivity contribution is 0.0409. The molecule has 0 unspecified atom stereocenters. The lowest BCUT2D eigenvalue weighted by Gasteiger charge is -2.09. The first-order valence-electron chi connectivity index (χ1n) is 9.82. The van der Waals surface area contributed by atoms with Crippen LogP contribution in [0.1, 0.15) is 21.5 Å². The third-order valence-electron chi connectivity index (χ3n) is 5.28. The Kier molecular flexibility index (Phi) is 4.56. The van der Waals surface area contributed by atoms with Crippen molar-refractivity contribution in [2.75, 3.05) is 0 Å². The van der Waals surface area contributed by atoms with Crippen LogP contribution in [0.25, 0.3) is 21.9 Å². The van der Waals surface area contributed by atoms with Gasteiger partial charge in [0, 0.05) is 11.6 Å². The van der Waals surface area contributed by atoms with Gasteiger partial charge in [-0.05, 0) is 61.0 Å². The van der Waals surface area contributed by atoms with Gasteiger partial charge in [0.15, 0.2) is 0 Å². The summed E-state index contributed by atoms with van der Waals surface area (Å²) in [4.78, 5) is 19.4. The quantitative estimate of drug-likeness (QED) is 0.392. The molecule has 0 aliphatic heterocycles. The SMILES string of the molecule is Cc1ccc(S(=O)(=O)n2cc(C)c3ccc(C(=O)On4nnc5ccccc54)cc32)cc1. The average Bonchev–Trinajstić information content (AvgIpc) is 3.35. The van der Waals surface area contributed by atoms with Crippen molar-refractivity contribution in [2.24, 2.45) is 0 Å². The normalized spacial score (nSPS) is 11.8. The highest BCUT2D eigenvalue weighted by atomic mass is 32.2. The molecule has 9 heteroatoms. The van der Waals surface area contributed by atoms with Gasteiger partial charge in [-0.2, -0.15) is 0 Å². The maximum Gasteiger partial charge on any atom is 0.365 e. The second kappa shape index (κ2) is 7.31.